The Morgan fingerprint density at radius 1 is 1.00 bits per heavy atom. The van der Waals surface area contributed by atoms with Crippen molar-refractivity contribution in [1.29, 1.82) is 0 Å². The predicted octanol–water partition coefficient (Wildman–Crippen LogP) is 2.75. The Balaban J connectivity index is 1.10. The van der Waals surface area contributed by atoms with Crippen molar-refractivity contribution in [3.8, 4) is 0 Å². The molecule has 2 aromatic heterocycles. The largest absolute Gasteiger partial charge is 0.367 e. The Morgan fingerprint density at radius 2 is 1.75 bits per heavy atom. The van der Waals surface area contributed by atoms with Crippen LogP contribution < -0.4 is 15.8 Å². The van der Waals surface area contributed by atoms with Crippen molar-refractivity contribution in [2.45, 2.75) is 19.4 Å². The van der Waals surface area contributed by atoms with Gasteiger partial charge in [-0.25, -0.2) is 9.07 Å². The molecular formula is C27H31FN6O2. The first-order valence-corrected chi connectivity index (χ1v) is 12.4. The van der Waals surface area contributed by atoms with Crippen LogP contribution >= 0.6 is 0 Å². The first-order chi connectivity index (χ1) is 17.5. The van der Waals surface area contributed by atoms with Gasteiger partial charge < -0.3 is 14.8 Å². The fourth-order valence-corrected chi connectivity index (χ4v) is 5.03. The van der Waals surface area contributed by atoms with Crippen LogP contribution in [0.15, 0.2) is 59.5 Å². The Morgan fingerprint density at radius 3 is 2.56 bits per heavy atom. The molecule has 0 bridgehead atoms. The third-order valence-electron chi connectivity index (χ3n) is 6.97. The van der Waals surface area contributed by atoms with E-state index in [4.69, 9.17) is 0 Å². The summed E-state index contributed by atoms with van der Waals surface area (Å²) in [6.45, 7) is 5.14. The van der Waals surface area contributed by atoms with E-state index in [9.17, 15) is 14.0 Å². The van der Waals surface area contributed by atoms with Crippen LogP contribution in [0.4, 0.5) is 10.1 Å². The lowest BCUT2D eigenvalue weighted by molar-refractivity contribution is -0.121. The number of anilines is 1. The molecule has 1 aliphatic rings. The van der Waals surface area contributed by atoms with Gasteiger partial charge in [-0.15, -0.1) is 0 Å². The number of fused-ring (bicyclic) bond motifs is 3. The predicted molar refractivity (Wildman–Crippen MR) is 140 cm³/mol. The van der Waals surface area contributed by atoms with E-state index in [2.05, 4.69) is 20.2 Å². The zero-order chi connectivity index (χ0) is 25.1. The van der Waals surface area contributed by atoms with E-state index in [0.29, 0.717) is 37.1 Å². The van der Waals surface area contributed by atoms with Gasteiger partial charge in [0.25, 0.3) is 5.56 Å². The highest BCUT2D eigenvalue weighted by molar-refractivity contribution is 6.07. The molecule has 0 atom stereocenters. The summed E-state index contributed by atoms with van der Waals surface area (Å²) in [6.07, 6.45) is 2.76. The Kier molecular flexibility index (Phi) is 6.99. The van der Waals surface area contributed by atoms with Crippen molar-refractivity contribution in [1.82, 2.24) is 24.6 Å². The van der Waals surface area contributed by atoms with Crippen LogP contribution in [0.5, 0.6) is 0 Å². The average molecular weight is 491 g/mol. The second-order valence-corrected chi connectivity index (χ2v) is 9.24. The topological polar surface area (TPSA) is 75.4 Å². The van der Waals surface area contributed by atoms with Crippen LogP contribution in [0.1, 0.15) is 12.8 Å². The number of halogens is 1. The Hall–Kier alpha value is -3.72. The standard InChI is InChI=1S/C27H31FN6O2/c1-31-27(36)26-21(19-30-31)20-7-2-4-9-23(20)34(26)13-6-11-25(35)29-12-14-32-15-17-33(18-16-32)24-10-5-3-8-22(24)28/h2-5,7-10,19H,6,11-18H2,1H3,(H,29,35). The lowest BCUT2D eigenvalue weighted by Gasteiger charge is -2.36. The first-order valence-electron chi connectivity index (χ1n) is 12.4. The lowest BCUT2D eigenvalue weighted by atomic mass is 10.2. The van der Waals surface area contributed by atoms with Gasteiger partial charge in [0, 0.05) is 75.6 Å². The number of nitrogens with zero attached hydrogens (tertiary/aromatic N) is 5. The highest BCUT2D eigenvalue weighted by Gasteiger charge is 2.19. The monoisotopic (exact) mass is 490 g/mol. The lowest BCUT2D eigenvalue weighted by Crippen LogP contribution is -2.48. The zero-order valence-electron chi connectivity index (χ0n) is 20.5. The maximum absolute atomic E-state index is 14.0. The number of hydrogen-bond donors (Lipinski definition) is 1. The zero-order valence-corrected chi connectivity index (χ0v) is 20.5. The van der Waals surface area contributed by atoms with Gasteiger partial charge >= 0.3 is 0 Å². The normalized spacial score (nSPS) is 14.6. The summed E-state index contributed by atoms with van der Waals surface area (Å²) in [7, 11) is 1.65. The number of amides is 1. The van der Waals surface area contributed by atoms with Gasteiger partial charge in [0.2, 0.25) is 5.91 Å². The third kappa shape index (κ3) is 4.83. The van der Waals surface area contributed by atoms with Gasteiger partial charge in [0.15, 0.2) is 0 Å². The van der Waals surface area contributed by atoms with E-state index in [1.807, 2.05) is 41.0 Å². The molecule has 0 spiro atoms. The van der Waals surface area contributed by atoms with E-state index >= 15 is 0 Å². The number of carbonyl (C=O) groups is 1. The van der Waals surface area contributed by atoms with Crippen molar-refractivity contribution in [2.24, 2.45) is 7.05 Å². The molecule has 9 heteroatoms. The fourth-order valence-electron chi connectivity index (χ4n) is 5.03. The number of benzene rings is 2. The minimum Gasteiger partial charge on any atom is -0.367 e. The van der Waals surface area contributed by atoms with Gasteiger partial charge in [0.1, 0.15) is 11.3 Å². The number of rotatable bonds is 8. The van der Waals surface area contributed by atoms with Gasteiger partial charge in [-0.2, -0.15) is 5.10 Å². The molecule has 36 heavy (non-hydrogen) atoms. The molecule has 188 valence electrons. The number of aryl methyl sites for hydroxylation is 2. The number of aromatic nitrogens is 3. The van der Waals surface area contributed by atoms with E-state index < -0.39 is 0 Å². The molecule has 0 aliphatic carbocycles. The first kappa shape index (κ1) is 24.0. The summed E-state index contributed by atoms with van der Waals surface area (Å²) in [6, 6.07) is 14.8. The van der Waals surface area contributed by atoms with Crippen molar-refractivity contribution in [2.75, 3.05) is 44.2 Å². The molecule has 1 amide bonds. The SMILES string of the molecule is Cn1ncc2c3ccccc3n(CCCC(=O)NCCN3CCN(c4ccccc4F)CC3)c2c1=O. The van der Waals surface area contributed by atoms with E-state index in [1.54, 1.807) is 19.3 Å². The Bertz CT molecular complexity index is 1440. The van der Waals surface area contributed by atoms with Crippen LogP contribution in [-0.2, 0) is 18.4 Å². The van der Waals surface area contributed by atoms with Gasteiger partial charge in [0.05, 0.1) is 11.9 Å². The molecule has 5 rings (SSSR count). The van der Waals surface area contributed by atoms with Gasteiger partial charge in [-0.1, -0.05) is 30.3 Å². The average Bonchev–Trinajstić information content (AvgIpc) is 3.21. The fraction of sp³-hybridized carbons (Fsp3) is 0.370. The molecule has 1 N–H and O–H groups in total. The van der Waals surface area contributed by atoms with Gasteiger partial charge in [-0.3, -0.25) is 14.5 Å². The van der Waals surface area contributed by atoms with E-state index in [0.717, 1.165) is 49.0 Å². The van der Waals surface area contributed by atoms with Crippen molar-refractivity contribution >= 4 is 33.4 Å². The van der Waals surface area contributed by atoms with Gasteiger partial charge in [-0.05, 0) is 24.6 Å². The summed E-state index contributed by atoms with van der Waals surface area (Å²) in [5.41, 5.74) is 2.13. The number of nitrogens with one attached hydrogen (secondary N) is 1. The molecule has 2 aromatic carbocycles. The molecule has 4 aromatic rings. The summed E-state index contributed by atoms with van der Waals surface area (Å²) < 4.78 is 17.4. The number of carbonyl (C=O) groups excluding carboxylic acids is 1. The molecule has 0 radical (unpaired) electrons. The van der Waals surface area contributed by atoms with Crippen molar-refractivity contribution in [3.05, 3.63) is 70.9 Å². The highest BCUT2D eigenvalue weighted by atomic mass is 19.1. The smallest absolute Gasteiger partial charge is 0.291 e. The summed E-state index contributed by atoms with van der Waals surface area (Å²) in [4.78, 5) is 29.6. The van der Waals surface area contributed by atoms with E-state index in [-0.39, 0.29) is 17.3 Å². The van der Waals surface area contributed by atoms with Crippen LogP contribution in [0.3, 0.4) is 0 Å². The molecule has 1 fully saturated rings. The summed E-state index contributed by atoms with van der Waals surface area (Å²) in [5.74, 6) is -0.175. The molecule has 3 heterocycles. The van der Waals surface area contributed by atoms with Crippen LogP contribution in [-0.4, -0.2) is 64.4 Å². The van der Waals surface area contributed by atoms with Crippen LogP contribution in [0.2, 0.25) is 0 Å². The van der Waals surface area contributed by atoms with E-state index in [1.165, 1.54) is 10.7 Å². The molecule has 1 aliphatic heterocycles. The Labute approximate surface area is 208 Å². The number of para-hydroxylation sites is 2. The second-order valence-electron chi connectivity index (χ2n) is 9.24. The molecular weight excluding hydrogens is 459 g/mol. The minimum absolute atomic E-state index is 0.00956. The maximum Gasteiger partial charge on any atom is 0.291 e. The van der Waals surface area contributed by atoms with Crippen molar-refractivity contribution in [3.63, 3.8) is 0 Å². The number of hydrogen-bond acceptors (Lipinski definition) is 5. The second kappa shape index (κ2) is 10.5. The quantitative estimate of drug-likeness (QED) is 0.411. The molecule has 1 saturated heterocycles. The molecule has 8 nitrogen and oxygen atoms in total. The minimum atomic E-state index is -0.184. The third-order valence-corrected chi connectivity index (χ3v) is 6.97. The van der Waals surface area contributed by atoms with Crippen LogP contribution in [0.25, 0.3) is 21.8 Å². The van der Waals surface area contributed by atoms with Crippen LogP contribution in [0, 0.1) is 5.82 Å². The number of piperazine rings is 1. The maximum atomic E-state index is 14.0. The summed E-state index contributed by atoms with van der Waals surface area (Å²) in [5, 5.41) is 9.03. The summed E-state index contributed by atoms with van der Waals surface area (Å²) >= 11 is 0. The highest BCUT2D eigenvalue weighted by Crippen LogP contribution is 2.26. The van der Waals surface area contributed by atoms with Crippen molar-refractivity contribution < 1.29 is 9.18 Å². The molecule has 0 saturated carbocycles. The molecule has 0 unspecified atom stereocenters.